The van der Waals surface area contributed by atoms with Crippen LogP contribution >= 0.6 is 0 Å². The van der Waals surface area contributed by atoms with E-state index in [0.29, 0.717) is 24.3 Å². The number of hydrogen-bond acceptors (Lipinski definition) is 5. The van der Waals surface area contributed by atoms with Crippen molar-refractivity contribution in [1.82, 2.24) is 15.5 Å². The van der Waals surface area contributed by atoms with Gasteiger partial charge in [0.15, 0.2) is 0 Å². The lowest BCUT2D eigenvalue weighted by molar-refractivity contribution is -0.117. The van der Waals surface area contributed by atoms with Crippen LogP contribution in [0, 0.1) is 5.92 Å². The average molecular weight is 629 g/mol. The van der Waals surface area contributed by atoms with Crippen molar-refractivity contribution < 1.29 is 14.3 Å². The van der Waals surface area contributed by atoms with Crippen LogP contribution in [-0.2, 0) is 16.1 Å². The van der Waals surface area contributed by atoms with E-state index >= 15 is 0 Å². The molecule has 7 heteroatoms. The van der Waals surface area contributed by atoms with Gasteiger partial charge in [-0.1, -0.05) is 83.3 Å². The number of hydrogen-bond donors (Lipinski definition) is 3. The number of benzene rings is 2. The van der Waals surface area contributed by atoms with E-state index in [1.54, 1.807) is 7.11 Å². The quantitative estimate of drug-likeness (QED) is 0.0794. The average Bonchev–Trinajstić information content (AvgIpc) is 3.05. The highest BCUT2D eigenvalue weighted by Crippen LogP contribution is 2.29. The van der Waals surface area contributed by atoms with Gasteiger partial charge in [-0.25, -0.2) is 0 Å². The lowest BCUT2D eigenvalue weighted by atomic mass is 9.94. The Balaban J connectivity index is 2.04. The number of nitrogens with zero attached hydrogens (tertiary/aromatic N) is 1. The molecule has 3 N–H and O–H groups in total. The Morgan fingerprint density at radius 2 is 1.74 bits per heavy atom. The van der Waals surface area contributed by atoms with Crippen molar-refractivity contribution in [2.75, 3.05) is 32.6 Å². The van der Waals surface area contributed by atoms with Crippen molar-refractivity contribution in [1.29, 1.82) is 0 Å². The molecule has 0 heterocycles. The van der Waals surface area contributed by atoms with E-state index in [1.807, 2.05) is 87.7 Å². The zero-order chi connectivity index (χ0) is 34.1. The topological polar surface area (TPSA) is 82.7 Å². The minimum absolute atomic E-state index is 0.0700. The number of nitrogens with one attached hydrogen (secondary N) is 3. The van der Waals surface area contributed by atoms with Gasteiger partial charge in [-0.2, -0.15) is 0 Å². The summed E-state index contributed by atoms with van der Waals surface area (Å²) in [5.41, 5.74) is 6.04. The largest absolute Gasteiger partial charge is 0.385 e. The fraction of sp³-hybridized carbons (Fsp3) is 0.436. The summed E-state index contributed by atoms with van der Waals surface area (Å²) in [6.07, 6.45) is 8.87. The first-order chi connectivity index (χ1) is 22.0. The molecule has 2 atom stereocenters. The van der Waals surface area contributed by atoms with Crippen LogP contribution in [0.15, 0.2) is 91.2 Å². The standard InChI is InChI=1S/C39H56N4O3/c1-10-16-33(38(44)41-27-32-17-13-12-14-18-32)20-19-30(6)43(8)35(11-2)25-29(5)42-39(45)34-21-22-36(31(7)28(3)4)37(26-34)40-23-15-24-46-9/h12-14,16-22,26,28-29,35,40H,6-7,10-11,15,23-25,27H2,1-5,8-9H3,(H,41,44)(H,42,45)/b20-19-,33-16+. The van der Waals surface area contributed by atoms with Gasteiger partial charge in [0.1, 0.15) is 0 Å². The van der Waals surface area contributed by atoms with E-state index < -0.39 is 0 Å². The van der Waals surface area contributed by atoms with E-state index in [1.165, 1.54) is 0 Å². The number of amides is 2. The van der Waals surface area contributed by atoms with Crippen molar-refractivity contribution in [3.63, 3.8) is 0 Å². The number of allylic oxidation sites excluding steroid dienone is 3. The summed E-state index contributed by atoms with van der Waals surface area (Å²) in [4.78, 5) is 28.4. The molecule has 0 saturated heterocycles. The summed E-state index contributed by atoms with van der Waals surface area (Å²) in [5, 5.41) is 9.68. The molecule has 0 aliphatic heterocycles. The summed E-state index contributed by atoms with van der Waals surface area (Å²) in [7, 11) is 3.71. The maximum absolute atomic E-state index is 13.4. The zero-order valence-corrected chi connectivity index (χ0v) is 29.1. The molecule has 0 aliphatic rings. The highest BCUT2D eigenvalue weighted by Gasteiger charge is 2.20. The van der Waals surface area contributed by atoms with Gasteiger partial charge in [0, 0.05) is 74.0 Å². The van der Waals surface area contributed by atoms with E-state index in [2.05, 4.69) is 54.8 Å². The van der Waals surface area contributed by atoms with Gasteiger partial charge in [0.2, 0.25) is 0 Å². The second-order valence-electron chi connectivity index (χ2n) is 12.1. The summed E-state index contributed by atoms with van der Waals surface area (Å²) < 4.78 is 5.19. The SMILES string of the molecule is C=C(c1ccc(C(=O)NC(C)CC(CC)N(C)C(=C)/C=C\C(=C/CC)C(=O)NCc2ccccc2)cc1NCCCOC)C(C)C. The third kappa shape index (κ3) is 12.4. The molecule has 250 valence electrons. The van der Waals surface area contributed by atoms with Crippen molar-refractivity contribution in [3.8, 4) is 0 Å². The monoisotopic (exact) mass is 628 g/mol. The van der Waals surface area contributed by atoms with Crippen molar-refractivity contribution in [3.05, 3.63) is 108 Å². The number of anilines is 1. The third-order valence-corrected chi connectivity index (χ3v) is 8.08. The maximum atomic E-state index is 13.4. The van der Waals surface area contributed by atoms with Gasteiger partial charge >= 0.3 is 0 Å². The molecule has 2 amide bonds. The molecular weight excluding hydrogens is 572 g/mol. The van der Waals surface area contributed by atoms with Gasteiger partial charge in [0.25, 0.3) is 11.8 Å². The van der Waals surface area contributed by atoms with Crippen molar-refractivity contribution in [2.45, 2.75) is 78.9 Å². The number of methoxy groups -OCH3 is 1. The van der Waals surface area contributed by atoms with Gasteiger partial charge in [-0.15, -0.1) is 0 Å². The maximum Gasteiger partial charge on any atom is 0.251 e. The number of rotatable bonds is 20. The van der Waals surface area contributed by atoms with Crippen LogP contribution in [0.4, 0.5) is 5.69 Å². The minimum Gasteiger partial charge on any atom is -0.385 e. The highest BCUT2D eigenvalue weighted by atomic mass is 16.5. The summed E-state index contributed by atoms with van der Waals surface area (Å²) in [5.74, 6) is 0.0646. The van der Waals surface area contributed by atoms with E-state index in [9.17, 15) is 9.59 Å². The second kappa shape index (κ2) is 20.1. The van der Waals surface area contributed by atoms with E-state index in [4.69, 9.17) is 4.74 Å². The molecule has 0 bridgehead atoms. The molecule has 0 aromatic heterocycles. The number of carbonyl (C=O) groups is 2. The van der Waals surface area contributed by atoms with Crippen LogP contribution < -0.4 is 16.0 Å². The molecule has 2 unspecified atom stereocenters. The van der Waals surface area contributed by atoms with Crippen LogP contribution in [0.25, 0.3) is 5.57 Å². The van der Waals surface area contributed by atoms with Crippen LogP contribution in [0.5, 0.6) is 0 Å². The number of likely N-dealkylation sites (N-methyl/N-ethyl adjacent to an activating group) is 1. The van der Waals surface area contributed by atoms with Crippen LogP contribution in [0.2, 0.25) is 0 Å². The van der Waals surface area contributed by atoms with Crippen LogP contribution in [0.1, 0.15) is 81.8 Å². The molecule has 7 nitrogen and oxygen atoms in total. The van der Waals surface area contributed by atoms with Crippen LogP contribution in [0.3, 0.4) is 0 Å². The molecule has 0 saturated carbocycles. The van der Waals surface area contributed by atoms with Gasteiger partial charge in [0.05, 0.1) is 0 Å². The molecule has 2 rings (SSSR count). The zero-order valence-electron chi connectivity index (χ0n) is 29.1. The number of carbonyl (C=O) groups excluding carboxylic acids is 2. The first-order valence-corrected chi connectivity index (χ1v) is 16.5. The smallest absolute Gasteiger partial charge is 0.251 e. The number of ether oxygens (including phenoxy) is 1. The van der Waals surface area contributed by atoms with Gasteiger partial charge in [-0.3, -0.25) is 9.59 Å². The fourth-order valence-electron chi connectivity index (χ4n) is 5.11. The Labute approximate surface area is 277 Å². The lowest BCUT2D eigenvalue weighted by Crippen LogP contribution is -2.39. The lowest BCUT2D eigenvalue weighted by Gasteiger charge is -2.32. The van der Waals surface area contributed by atoms with E-state index in [-0.39, 0.29) is 29.8 Å². The molecule has 46 heavy (non-hydrogen) atoms. The molecule has 0 aliphatic carbocycles. The van der Waals surface area contributed by atoms with Crippen molar-refractivity contribution in [2.24, 2.45) is 5.92 Å². The Morgan fingerprint density at radius 1 is 1.02 bits per heavy atom. The summed E-state index contributed by atoms with van der Waals surface area (Å²) >= 11 is 0. The highest BCUT2D eigenvalue weighted by molar-refractivity contribution is 5.97. The first-order valence-electron chi connectivity index (χ1n) is 16.5. The molecule has 0 spiro atoms. The minimum atomic E-state index is -0.115. The normalized spacial score (nSPS) is 12.9. The fourth-order valence-corrected chi connectivity index (χ4v) is 5.11. The molecule has 2 aromatic carbocycles. The Morgan fingerprint density at radius 3 is 2.37 bits per heavy atom. The predicted molar refractivity (Wildman–Crippen MR) is 194 cm³/mol. The van der Waals surface area contributed by atoms with Crippen LogP contribution in [-0.4, -0.2) is 56.1 Å². The van der Waals surface area contributed by atoms with Gasteiger partial charge < -0.3 is 25.6 Å². The molecular formula is C39H56N4O3. The summed E-state index contributed by atoms with van der Waals surface area (Å²) in [6, 6.07) is 15.7. The first kappa shape index (κ1) is 38.1. The summed E-state index contributed by atoms with van der Waals surface area (Å²) in [6.45, 7) is 20.9. The predicted octanol–water partition coefficient (Wildman–Crippen LogP) is 7.75. The Bertz CT molecular complexity index is 1350. The van der Waals surface area contributed by atoms with E-state index in [0.717, 1.165) is 60.3 Å². The Kier molecular flexibility index (Phi) is 16.7. The van der Waals surface area contributed by atoms with Gasteiger partial charge in [-0.05, 0) is 73.9 Å². The second-order valence-corrected chi connectivity index (χ2v) is 12.1. The molecule has 2 aromatic rings. The molecule has 0 radical (unpaired) electrons. The third-order valence-electron chi connectivity index (χ3n) is 8.08. The Hall–Kier alpha value is -4.10. The van der Waals surface area contributed by atoms with Crippen molar-refractivity contribution >= 4 is 23.1 Å². The molecule has 0 fully saturated rings.